The van der Waals surface area contributed by atoms with Crippen LogP contribution in [-0.4, -0.2) is 21.2 Å². The van der Waals surface area contributed by atoms with Gasteiger partial charge in [0.2, 0.25) is 5.82 Å². The third-order valence-corrected chi connectivity index (χ3v) is 3.45. The first-order valence-electron chi connectivity index (χ1n) is 6.90. The summed E-state index contributed by atoms with van der Waals surface area (Å²) in [4.78, 5) is 15.0. The highest BCUT2D eigenvalue weighted by Crippen LogP contribution is 2.36. The van der Waals surface area contributed by atoms with Crippen molar-refractivity contribution < 1.29 is 23.2 Å². The van der Waals surface area contributed by atoms with Crippen LogP contribution in [0.15, 0.2) is 46.5 Å². The summed E-state index contributed by atoms with van der Waals surface area (Å²) in [5.41, 5.74) is 0.0996. The number of carboxylic acid groups (broad SMARTS) is 1. The van der Waals surface area contributed by atoms with Gasteiger partial charge in [-0.25, -0.2) is 13.6 Å². The molecule has 118 valence electrons. The molecule has 1 aliphatic carbocycles. The zero-order valence-corrected chi connectivity index (χ0v) is 12.1. The van der Waals surface area contributed by atoms with Crippen molar-refractivity contribution in [2.45, 2.75) is 13.3 Å². The predicted octanol–water partition coefficient (Wildman–Crippen LogP) is 4.01. The quantitative estimate of drug-likeness (QED) is 0.925. The van der Waals surface area contributed by atoms with Crippen LogP contribution in [0.25, 0.3) is 17.0 Å². The van der Waals surface area contributed by atoms with E-state index in [-0.39, 0.29) is 35.2 Å². The van der Waals surface area contributed by atoms with E-state index in [4.69, 9.17) is 9.63 Å². The van der Waals surface area contributed by atoms with E-state index in [1.54, 1.807) is 13.0 Å². The maximum absolute atomic E-state index is 14.0. The van der Waals surface area contributed by atoms with Crippen LogP contribution < -0.4 is 0 Å². The van der Waals surface area contributed by atoms with Crippen LogP contribution in [-0.2, 0) is 0 Å². The lowest BCUT2D eigenvalue weighted by molar-refractivity contribution is 0.0697. The second kappa shape index (κ2) is 5.75. The Bertz CT molecular complexity index is 839. The average molecular weight is 318 g/mol. The molecule has 0 bridgehead atoms. The molecule has 1 aromatic carbocycles. The Kier molecular flexibility index (Phi) is 3.77. The molecule has 0 saturated carbocycles. The molecule has 1 N–H and O–H groups in total. The summed E-state index contributed by atoms with van der Waals surface area (Å²) in [5.74, 6) is -2.93. The van der Waals surface area contributed by atoms with E-state index in [1.165, 1.54) is 24.3 Å². The number of carboxylic acids is 1. The summed E-state index contributed by atoms with van der Waals surface area (Å²) in [7, 11) is 0. The highest BCUT2D eigenvalue weighted by molar-refractivity contribution is 5.89. The fraction of sp³-hybridized carbons (Fsp3) is 0.188. The molecule has 1 heterocycles. The molecule has 3 rings (SSSR count). The molecule has 5 nitrogen and oxygen atoms in total. The number of hydrogen-bond acceptors (Lipinski definition) is 4. The molecule has 2 aromatic rings. The normalized spacial score (nSPS) is 18.0. The minimum absolute atomic E-state index is 0.0526. The predicted molar refractivity (Wildman–Crippen MR) is 77.7 cm³/mol. The highest BCUT2D eigenvalue weighted by Gasteiger charge is 2.26. The molecule has 7 heteroatoms. The molecule has 0 aliphatic heterocycles. The SMILES string of the molecule is CC1C=C(F)C(c2nc(-c3cccc(C(=O)O)c3)no2)=C(F)C1. The van der Waals surface area contributed by atoms with Crippen LogP contribution >= 0.6 is 0 Å². The Balaban J connectivity index is 1.98. The Hall–Kier alpha value is -2.83. The Morgan fingerprint density at radius 1 is 1.39 bits per heavy atom. The second-order valence-electron chi connectivity index (χ2n) is 5.29. The molecule has 23 heavy (non-hydrogen) atoms. The van der Waals surface area contributed by atoms with Crippen LogP contribution in [0.1, 0.15) is 29.6 Å². The molecule has 0 fully saturated rings. The van der Waals surface area contributed by atoms with Gasteiger partial charge in [0.25, 0.3) is 5.89 Å². The van der Waals surface area contributed by atoms with E-state index in [0.29, 0.717) is 5.56 Å². The van der Waals surface area contributed by atoms with E-state index in [1.807, 2.05) is 0 Å². The fourth-order valence-corrected chi connectivity index (χ4v) is 2.36. The molecule has 0 saturated heterocycles. The van der Waals surface area contributed by atoms with E-state index in [2.05, 4.69) is 10.1 Å². The fourth-order valence-electron chi connectivity index (χ4n) is 2.36. The summed E-state index contributed by atoms with van der Waals surface area (Å²) in [6.07, 6.45) is 1.36. The van der Waals surface area contributed by atoms with Gasteiger partial charge in [-0.1, -0.05) is 24.2 Å². The van der Waals surface area contributed by atoms with Gasteiger partial charge in [0, 0.05) is 12.0 Å². The minimum Gasteiger partial charge on any atom is -0.478 e. The van der Waals surface area contributed by atoms with Crippen LogP contribution in [0, 0.1) is 5.92 Å². The first kappa shape index (κ1) is 15.1. The molecule has 1 unspecified atom stereocenters. The van der Waals surface area contributed by atoms with Crippen molar-refractivity contribution in [1.82, 2.24) is 10.1 Å². The topological polar surface area (TPSA) is 76.2 Å². The van der Waals surface area contributed by atoms with E-state index < -0.39 is 17.6 Å². The number of hydrogen-bond donors (Lipinski definition) is 1. The summed E-state index contributed by atoms with van der Waals surface area (Å²) in [6.45, 7) is 1.70. The largest absolute Gasteiger partial charge is 0.478 e. The number of rotatable bonds is 3. The monoisotopic (exact) mass is 318 g/mol. The number of benzene rings is 1. The Morgan fingerprint density at radius 2 is 2.17 bits per heavy atom. The molecular formula is C16H12F2N2O3. The molecule has 1 atom stereocenters. The van der Waals surface area contributed by atoms with Gasteiger partial charge in [-0.15, -0.1) is 0 Å². The van der Waals surface area contributed by atoms with Gasteiger partial charge in [0.1, 0.15) is 17.2 Å². The smallest absolute Gasteiger partial charge is 0.335 e. The van der Waals surface area contributed by atoms with Gasteiger partial charge in [-0.05, 0) is 24.1 Å². The van der Waals surface area contributed by atoms with Crippen LogP contribution in [0.4, 0.5) is 8.78 Å². The number of halogens is 2. The first-order valence-corrected chi connectivity index (χ1v) is 6.90. The van der Waals surface area contributed by atoms with Crippen molar-refractivity contribution in [2.75, 3.05) is 0 Å². The lowest BCUT2D eigenvalue weighted by Crippen LogP contribution is -2.02. The number of allylic oxidation sites excluding steroid dienone is 4. The van der Waals surface area contributed by atoms with Crippen molar-refractivity contribution in [3.63, 3.8) is 0 Å². The zero-order valence-electron chi connectivity index (χ0n) is 12.1. The van der Waals surface area contributed by atoms with Crippen molar-refractivity contribution in [2.24, 2.45) is 5.92 Å². The summed E-state index contributed by atoms with van der Waals surface area (Å²) in [5, 5.41) is 12.7. The standard InChI is InChI=1S/C16H12F2N2O3/c1-8-5-11(17)13(12(18)6-8)15-19-14(20-23-15)9-3-2-4-10(7-9)16(21)22/h2-5,7-8H,6H2,1H3,(H,21,22). The van der Waals surface area contributed by atoms with Crippen LogP contribution in [0.2, 0.25) is 0 Å². The first-order chi connectivity index (χ1) is 11.0. The summed E-state index contributed by atoms with van der Waals surface area (Å²) >= 11 is 0. The van der Waals surface area contributed by atoms with Gasteiger partial charge in [0.05, 0.1) is 5.56 Å². The molecule has 1 aromatic heterocycles. The van der Waals surface area contributed by atoms with Gasteiger partial charge >= 0.3 is 5.97 Å². The van der Waals surface area contributed by atoms with Gasteiger partial charge < -0.3 is 9.63 Å². The van der Waals surface area contributed by atoms with E-state index in [9.17, 15) is 13.6 Å². The molecule has 0 amide bonds. The highest BCUT2D eigenvalue weighted by atomic mass is 19.1. The van der Waals surface area contributed by atoms with Gasteiger partial charge in [-0.3, -0.25) is 0 Å². The summed E-state index contributed by atoms with van der Waals surface area (Å²) in [6, 6.07) is 5.88. The Labute approximate surface area is 129 Å². The lowest BCUT2D eigenvalue weighted by Gasteiger charge is -2.13. The number of carbonyl (C=O) groups is 1. The van der Waals surface area contributed by atoms with E-state index >= 15 is 0 Å². The van der Waals surface area contributed by atoms with Crippen molar-refractivity contribution in [1.29, 1.82) is 0 Å². The lowest BCUT2D eigenvalue weighted by atomic mass is 9.96. The molecule has 1 aliphatic rings. The number of nitrogens with zero attached hydrogens (tertiary/aromatic N) is 2. The maximum atomic E-state index is 14.0. The van der Waals surface area contributed by atoms with Crippen LogP contribution in [0.5, 0.6) is 0 Å². The van der Waals surface area contributed by atoms with Gasteiger partial charge in [-0.2, -0.15) is 4.98 Å². The Morgan fingerprint density at radius 3 is 2.87 bits per heavy atom. The molecule has 0 spiro atoms. The second-order valence-corrected chi connectivity index (χ2v) is 5.29. The molecule has 0 radical (unpaired) electrons. The van der Waals surface area contributed by atoms with Gasteiger partial charge in [0.15, 0.2) is 0 Å². The average Bonchev–Trinajstić information content (AvgIpc) is 2.96. The van der Waals surface area contributed by atoms with Crippen molar-refractivity contribution in [3.05, 3.63) is 53.4 Å². The molecular weight excluding hydrogens is 306 g/mol. The maximum Gasteiger partial charge on any atom is 0.335 e. The van der Waals surface area contributed by atoms with Crippen LogP contribution in [0.3, 0.4) is 0 Å². The minimum atomic E-state index is -1.10. The third kappa shape index (κ3) is 2.90. The van der Waals surface area contributed by atoms with Crippen molar-refractivity contribution >= 4 is 11.5 Å². The summed E-state index contributed by atoms with van der Waals surface area (Å²) < 4.78 is 32.9. The van der Waals surface area contributed by atoms with Crippen molar-refractivity contribution in [3.8, 4) is 11.4 Å². The zero-order chi connectivity index (χ0) is 16.6. The number of aromatic nitrogens is 2. The third-order valence-electron chi connectivity index (χ3n) is 3.45. The van der Waals surface area contributed by atoms with E-state index in [0.717, 1.165) is 0 Å². The number of aromatic carboxylic acids is 1.